The third-order valence-electron chi connectivity index (χ3n) is 4.96. The van der Waals surface area contributed by atoms with Crippen LogP contribution in [0.1, 0.15) is 37.3 Å². The zero-order valence-corrected chi connectivity index (χ0v) is 15.6. The molecule has 2 aromatic carbocycles. The van der Waals surface area contributed by atoms with Crippen molar-refractivity contribution in [3.63, 3.8) is 0 Å². The Morgan fingerprint density at radius 2 is 1.64 bits per heavy atom. The van der Waals surface area contributed by atoms with E-state index in [1.807, 2.05) is 0 Å². The monoisotopic (exact) mass is 329 g/mol. The standard InChI is InChI=1S/C24H27N/c1-16(2)22-10-7-11-23(22)19(5)25-24-13-12-21(15-18(24)4)20-9-6-8-17(3)14-20/h6,8-9,12-15,25H,1,5,7,10-11H2,2-4H3. The molecule has 0 heterocycles. The van der Waals surface area contributed by atoms with Crippen LogP contribution in [0.25, 0.3) is 11.1 Å². The molecule has 25 heavy (non-hydrogen) atoms. The molecule has 1 heteroatoms. The van der Waals surface area contributed by atoms with Gasteiger partial charge in [-0.1, -0.05) is 54.6 Å². The van der Waals surface area contributed by atoms with E-state index >= 15 is 0 Å². The minimum atomic E-state index is 1.02. The molecule has 0 radical (unpaired) electrons. The highest BCUT2D eigenvalue weighted by Gasteiger charge is 2.17. The molecule has 128 valence electrons. The quantitative estimate of drug-likeness (QED) is 0.625. The molecule has 1 aliphatic rings. The Kier molecular flexibility index (Phi) is 4.94. The van der Waals surface area contributed by atoms with Crippen LogP contribution in [0.15, 0.2) is 78.0 Å². The lowest BCUT2D eigenvalue weighted by Crippen LogP contribution is -2.03. The Morgan fingerprint density at radius 3 is 2.32 bits per heavy atom. The van der Waals surface area contributed by atoms with E-state index in [1.54, 1.807) is 0 Å². The van der Waals surface area contributed by atoms with Gasteiger partial charge in [0.2, 0.25) is 0 Å². The summed E-state index contributed by atoms with van der Waals surface area (Å²) >= 11 is 0. The molecule has 1 aliphatic carbocycles. The van der Waals surface area contributed by atoms with Crippen LogP contribution in [-0.4, -0.2) is 0 Å². The van der Waals surface area contributed by atoms with Crippen LogP contribution < -0.4 is 5.32 Å². The fourth-order valence-electron chi connectivity index (χ4n) is 3.59. The number of nitrogens with one attached hydrogen (secondary N) is 1. The molecular weight excluding hydrogens is 302 g/mol. The van der Waals surface area contributed by atoms with Crippen LogP contribution in [0.5, 0.6) is 0 Å². The van der Waals surface area contributed by atoms with Gasteiger partial charge >= 0.3 is 0 Å². The Labute approximate surface area is 151 Å². The largest absolute Gasteiger partial charge is 0.356 e. The molecule has 2 aromatic rings. The predicted octanol–water partition coefficient (Wildman–Crippen LogP) is 6.95. The summed E-state index contributed by atoms with van der Waals surface area (Å²) in [6, 6.07) is 15.2. The van der Waals surface area contributed by atoms with Gasteiger partial charge in [0, 0.05) is 11.4 Å². The summed E-state index contributed by atoms with van der Waals surface area (Å²) in [4.78, 5) is 0. The number of anilines is 1. The van der Waals surface area contributed by atoms with Crippen LogP contribution in [0.3, 0.4) is 0 Å². The van der Waals surface area contributed by atoms with E-state index in [4.69, 9.17) is 0 Å². The topological polar surface area (TPSA) is 12.0 Å². The summed E-state index contributed by atoms with van der Waals surface area (Å²) in [6.45, 7) is 14.8. The summed E-state index contributed by atoms with van der Waals surface area (Å²) in [5, 5.41) is 3.53. The molecule has 0 saturated heterocycles. The van der Waals surface area contributed by atoms with Crippen LogP contribution in [-0.2, 0) is 0 Å². The molecule has 0 spiro atoms. The molecule has 1 N–H and O–H groups in total. The first kappa shape index (κ1) is 17.3. The van der Waals surface area contributed by atoms with Crippen LogP contribution in [0.4, 0.5) is 5.69 Å². The number of hydrogen-bond donors (Lipinski definition) is 1. The number of allylic oxidation sites excluding steroid dienone is 3. The molecule has 0 aromatic heterocycles. The van der Waals surface area contributed by atoms with Gasteiger partial charge in [0.1, 0.15) is 0 Å². The van der Waals surface area contributed by atoms with Gasteiger partial charge in [-0.25, -0.2) is 0 Å². The number of hydrogen-bond acceptors (Lipinski definition) is 1. The maximum atomic E-state index is 4.29. The summed E-state index contributed by atoms with van der Waals surface area (Å²) < 4.78 is 0. The lowest BCUT2D eigenvalue weighted by molar-refractivity contribution is 0.898. The summed E-state index contributed by atoms with van der Waals surface area (Å²) in [7, 11) is 0. The van der Waals surface area contributed by atoms with E-state index in [0.29, 0.717) is 0 Å². The van der Waals surface area contributed by atoms with Gasteiger partial charge in [-0.3, -0.25) is 0 Å². The third-order valence-corrected chi connectivity index (χ3v) is 4.96. The zero-order valence-electron chi connectivity index (χ0n) is 15.6. The molecule has 0 atom stereocenters. The van der Waals surface area contributed by atoms with Crippen molar-refractivity contribution in [1.29, 1.82) is 0 Å². The van der Waals surface area contributed by atoms with Crippen LogP contribution in [0, 0.1) is 13.8 Å². The predicted molar refractivity (Wildman–Crippen MR) is 110 cm³/mol. The Hall–Kier alpha value is -2.54. The summed E-state index contributed by atoms with van der Waals surface area (Å²) in [5.74, 6) is 0. The number of benzene rings is 2. The van der Waals surface area contributed by atoms with Crippen molar-refractivity contribution in [2.45, 2.75) is 40.0 Å². The van der Waals surface area contributed by atoms with Crippen LogP contribution in [0.2, 0.25) is 0 Å². The molecule has 0 unspecified atom stereocenters. The lowest BCUT2D eigenvalue weighted by Gasteiger charge is -2.16. The van der Waals surface area contributed by atoms with Crippen molar-refractivity contribution in [2.24, 2.45) is 0 Å². The van der Waals surface area contributed by atoms with Gasteiger partial charge in [0.05, 0.1) is 0 Å². The second-order valence-electron chi connectivity index (χ2n) is 7.09. The summed E-state index contributed by atoms with van der Waals surface area (Å²) in [6.07, 6.45) is 3.41. The van der Waals surface area contributed by atoms with Gasteiger partial charge in [-0.15, -0.1) is 0 Å². The van der Waals surface area contributed by atoms with E-state index < -0.39 is 0 Å². The van der Waals surface area contributed by atoms with Gasteiger partial charge in [0.15, 0.2) is 0 Å². The molecular formula is C24H27N. The minimum absolute atomic E-state index is 1.02. The first-order valence-electron chi connectivity index (χ1n) is 8.97. The van der Waals surface area contributed by atoms with E-state index in [-0.39, 0.29) is 0 Å². The minimum Gasteiger partial charge on any atom is -0.356 e. The van der Waals surface area contributed by atoms with Crippen molar-refractivity contribution >= 4 is 5.69 Å². The fourth-order valence-corrected chi connectivity index (χ4v) is 3.59. The van der Waals surface area contributed by atoms with E-state index in [0.717, 1.165) is 24.2 Å². The second-order valence-corrected chi connectivity index (χ2v) is 7.09. The summed E-state index contributed by atoms with van der Waals surface area (Å²) in [5.41, 5.74) is 11.1. The highest BCUT2D eigenvalue weighted by atomic mass is 14.9. The molecule has 3 rings (SSSR count). The number of rotatable bonds is 5. The maximum Gasteiger partial charge on any atom is 0.0414 e. The van der Waals surface area contributed by atoms with Crippen molar-refractivity contribution in [3.05, 3.63) is 89.2 Å². The molecule has 1 nitrogen and oxygen atoms in total. The maximum absolute atomic E-state index is 4.29. The van der Waals surface area contributed by atoms with Gasteiger partial charge < -0.3 is 5.32 Å². The van der Waals surface area contributed by atoms with Gasteiger partial charge in [0.25, 0.3) is 0 Å². The molecule has 0 amide bonds. The highest BCUT2D eigenvalue weighted by Crippen LogP contribution is 2.35. The number of aryl methyl sites for hydroxylation is 2. The lowest BCUT2D eigenvalue weighted by atomic mass is 10.00. The van der Waals surface area contributed by atoms with Crippen molar-refractivity contribution in [2.75, 3.05) is 5.32 Å². The zero-order chi connectivity index (χ0) is 18.0. The van der Waals surface area contributed by atoms with Crippen LogP contribution >= 0.6 is 0 Å². The molecule has 0 fully saturated rings. The fraction of sp³-hybridized carbons (Fsp3) is 0.250. The Bertz CT molecular complexity index is 867. The average Bonchev–Trinajstić information content (AvgIpc) is 3.06. The third kappa shape index (κ3) is 3.76. The Morgan fingerprint density at radius 1 is 0.920 bits per heavy atom. The Balaban J connectivity index is 1.83. The normalized spacial score (nSPS) is 13.9. The molecule has 0 saturated carbocycles. The highest BCUT2D eigenvalue weighted by molar-refractivity contribution is 5.70. The molecule has 0 aliphatic heterocycles. The first-order valence-corrected chi connectivity index (χ1v) is 8.97. The molecule has 0 bridgehead atoms. The smallest absolute Gasteiger partial charge is 0.0414 e. The SMILES string of the molecule is C=C(C)C1=C(C(=C)Nc2ccc(-c3cccc(C)c3)cc2C)CCC1. The van der Waals surface area contributed by atoms with Gasteiger partial charge in [-0.05, 0) is 80.0 Å². The average molecular weight is 329 g/mol. The van der Waals surface area contributed by atoms with Crippen molar-refractivity contribution < 1.29 is 0 Å². The second kappa shape index (κ2) is 7.14. The van der Waals surface area contributed by atoms with E-state index in [2.05, 4.69) is 81.7 Å². The first-order chi connectivity index (χ1) is 12.0. The van der Waals surface area contributed by atoms with E-state index in [9.17, 15) is 0 Å². The van der Waals surface area contributed by atoms with Gasteiger partial charge in [-0.2, -0.15) is 0 Å². The van der Waals surface area contributed by atoms with E-state index in [1.165, 1.54) is 45.4 Å². The van der Waals surface area contributed by atoms with Crippen molar-refractivity contribution in [1.82, 2.24) is 0 Å². The van der Waals surface area contributed by atoms with Crippen molar-refractivity contribution in [3.8, 4) is 11.1 Å².